The molecule has 1 aliphatic rings. The van der Waals surface area contributed by atoms with Crippen molar-refractivity contribution in [2.45, 2.75) is 0 Å². The van der Waals surface area contributed by atoms with Gasteiger partial charge in [-0.05, 0) is 26.5 Å². The summed E-state index contributed by atoms with van der Waals surface area (Å²) in [5, 5.41) is 0. The van der Waals surface area contributed by atoms with Crippen molar-refractivity contribution in [1.82, 2.24) is 9.62 Å². The van der Waals surface area contributed by atoms with E-state index in [2.05, 4.69) is 0 Å². The van der Waals surface area contributed by atoms with Crippen molar-refractivity contribution in [2.75, 3.05) is 14.1 Å². The zero-order valence-electron chi connectivity index (χ0n) is 4.63. The van der Waals surface area contributed by atoms with Crippen molar-refractivity contribution in [1.29, 1.82) is 0 Å². The molecule has 38 valence electrons. The Balaban J connectivity index is 2.42. The molecule has 1 rings (SSSR count). The molecule has 0 aromatic heterocycles. The molecule has 0 fully saturated rings. The molecule has 0 atom stereocenters. The van der Waals surface area contributed by atoms with E-state index in [4.69, 9.17) is 0 Å². The minimum Gasteiger partial charge on any atom is -0.594 e. The van der Waals surface area contributed by atoms with Gasteiger partial charge in [0.25, 0.3) is 0 Å². The number of nitrogens with zero attached hydrogens (tertiary/aromatic N) is 2. The van der Waals surface area contributed by atoms with Crippen molar-refractivity contribution in [3.05, 3.63) is 12.4 Å². The summed E-state index contributed by atoms with van der Waals surface area (Å²) in [5.41, 5.74) is 0. The van der Waals surface area contributed by atoms with E-state index in [9.17, 15) is 0 Å². The summed E-state index contributed by atoms with van der Waals surface area (Å²) < 4.78 is 0. The molecule has 2 radical (unpaired) electrons. The van der Waals surface area contributed by atoms with Crippen LogP contribution in [0.3, 0.4) is 0 Å². The molecule has 0 aliphatic carbocycles. The molecule has 0 saturated heterocycles. The highest BCUT2D eigenvalue weighted by Crippen LogP contribution is 1.94. The average molecular weight is 94.9 g/mol. The lowest BCUT2D eigenvalue weighted by molar-refractivity contribution is 0.681. The van der Waals surface area contributed by atoms with Gasteiger partial charge in [-0.1, -0.05) is 7.55 Å². The lowest BCUT2D eigenvalue weighted by Crippen LogP contribution is -2.22. The molecule has 7 heavy (non-hydrogen) atoms. The molecule has 0 amide bonds. The highest BCUT2D eigenvalue weighted by atomic mass is 15.2. The van der Waals surface area contributed by atoms with Crippen LogP contribution in [-0.4, -0.2) is 31.3 Å². The summed E-state index contributed by atoms with van der Waals surface area (Å²) in [5.74, 6) is 0. The Bertz CT molecular complexity index is 81.7. The second kappa shape index (κ2) is 1.48. The van der Waals surface area contributed by atoms with Crippen molar-refractivity contribution in [3.8, 4) is 0 Å². The van der Waals surface area contributed by atoms with Gasteiger partial charge < -0.3 is 9.62 Å². The van der Waals surface area contributed by atoms with Gasteiger partial charge in [0.15, 0.2) is 0 Å². The minimum atomic E-state index is 2.00. The predicted molar refractivity (Wildman–Crippen MR) is 30.4 cm³/mol. The van der Waals surface area contributed by atoms with Gasteiger partial charge in [0.05, 0.1) is 0 Å². The standard InChI is InChI=1S/C4H8BN2/c1-6-3-4-7(2)5-6/h3-4H,1-2H3/q-1. The monoisotopic (exact) mass is 95.1 g/mol. The van der Waals surface area contributed by atoms with E-state index < -0.39 is 0 Å². The van der Waals surface area contributed by atoms with Gasteiger partial charge in [0, 0.05) is 0 Å². The van der Waals surface area contributed by atoms with Gasteiger partial charge in [-0.2, -0.15) is 0 Å². The normalized spacial score (nSPS) is 19.1. The summed E-state index contributed by atoms with van der Waals surface area (Å²) in [6.07, 6.45) is 4.00. The fourth-order valence-electron chi connectivity index (χ4n) is 0.575. The predicted octanol–water partition coefficient (Wildman–Crippen LogP) is -0.131. The van der Waals surface area contributed by atoms with E-state index in [1.165, 1.54) is 0 Å². The maximum absolute atomic E-state index is 2.00. The molecule has 1 aliphatic heterocycles. The van der Waals surface area contributed by atoms with Crippen LogP contribution in [0.5, 0.6) is 0 Å². The maximum atomic E-state index is 2.00. The molecule has 0 aromatic carbocycles. The highest BCUT2D eigenvalue weighted by Gasteiger charge is 1.84. The maximum Gasteiger partial charge on any atom is -0.0321 e. The lowest BCUT2D eigenvalue weighted by Gasteiger charge is -2.28. The Kier molecular flexibility index (Phi) is 0.967. The molecule has 1 heterocycles. The molecular weight excluding hydrogens is 86.9 g/mol. The Hall–Kier alpha value is -0.595. The van der Waals surface area contributed by atoms with Gasteiger partial charge >= 0.3 is 0 Å². The van der Waals surface area contributed by atoms with E-state index in [0.717, 1.165) is 0 Å². The van der Waals surface area contributed by atoms with Gasteiger partial charge in [-0.15, -0.1) is 0 Å². The smallest absolute Gasteiger partial charge is 0.0321 e. The van der Waals surface area contributed by atoms with Crippen LogP contribution in [-0.2, 0) is 0 Å². The zero-order chi connectivity index (χ0) is 5.28. The largest absolute Gasteiger partial charge is 0.594 e. The molecule has 0 saturated carbocycles. The molecular formula is C4H8BN2-. The lowest BCUT2D eigenvalue weighted by atomic mass is 10.1. The Morgan fingerprint density at radius 2 is 1.57 bits per heavy atom. The van der Waals surface area contributed by atoms with Crippen molar-refractivity contribution in [2.24, 2.45) is 0 Å². The summed E-state index contributed by atoms with van der Waals surface area (Å²) in [6.45, 7) is 0. The number of hydrogen-bond donors (Lipinski definition) is 0. The van der Waals surface area contributed by atoms with Crippen LogP contribution in [0.25, 0.3) is 0 Å². The molecule has 0 N–H and O–H groups in total. The van der Waals surface area contributed by atoms with E-state index in [-0.39, 0.29) is 0 Å². The Labute approximate surface area is 44.7 Å². The molecule has 0 unspecified atom stereocenters. The topological polar surface area (TPSA) is 6.48 Å². The molecule has 3 heteroatoms. The van der Waals surface area contributed by atoms with Crippen LogP contribution in [0.15, 0.2) is 12.4 Å². The van der Waals surface area contributed by atoms with E-state index in [1.807, 2.05) is 43.7 Å². The van der Waals surface area contributed by atoms with Crippen LogP contribution < -0.4 is 0 Å². The first-order valence-corrected chi connectivity index (χ1v) is 2.26. The zero-order valence-corrected chi connectivity index (χ0v) is 4.63. The van der Waals surface area contributed by atoms with Crippen LogP contribution >= 0.6 is 0 Å². The molecule has 0 bridgehead atoms. The van der Waals surface area contributed by atoms with Crippen LogP contribution in [0.2, 0.25) is 0 Å². The summed E-state index contributed by atoms with van der Waals surface area (Å²) in [4.78, 5) is 4.00. The quantitative estimate of drug-likeness (QED) is 0.386. The summed E-state index contributed by atoms with van der Waals surface area (Å²) >= 11 is 0. The molecule has 2 nitrogen and oxygen atoms in total. The van der Waals surface area contributed by atoms with E-state index in [1.54, 1.807) is 0 Å². The van der Waals surface area contributed by atoms with Crippen LogP contribution in [0, 0.1) is 0 Å². The highest BCUT2D eigenvalue weighted by molar-refractivity contribution is 6.30. The Morgan fingerprint density at radius 1 is 1.14 bits per heavy atom. The van der Waals surface area contributed by atoms with Gasteiger partial charge in [0.1, 0.15) is 0 Å². The Morgan fingerprint density at radius 3 is 1.71 bits per heavy atom. The van der Waals surface area contributed by atoms with Crippen molar-refractivity contribution >= 4 is 7.55 Å². The van der Waals surface area contributed by atoms with Gasteiger partial charge in [-0.3, -0.25) is 0 Å². The third-order valence-electron chi connectivity index (χ3n) is 0.901. The van der Waals surface area contributed by atoms with Crippen molar-refractivity contribution < 1.29 is 0 Å². The first-order chi connectivity index (χ1) is 3.29. The second-order valence-electron chi connectivity index (χ2n) is 1.74. The number of rotatable bonds is 0. The van der Waals surface area contributed by atoms with Crippen LogP contribution in [0.1, 0.15) is 0 Å². The molecule has 0 spiro atoms. The fraction of sp³-hybridized carbons (Fsp3) is 0.500. The van der Waals surface area contributed by atoms with Crippen LogP contribution in [0.4, 0.5) is 0 Å². The number of hydrogen-bond acceptors (Lipinski definition) is 2. The second-order valence-corrected chi connectivity index (χ2v) is 1.74. The van der Waals surface area contributed by atoms with E-state index in [0.29, 0.717) is 0 Å². The third-order valence-corrected chi connectivity index (χ3v) is 0.901. The first kappa shape index (κ1) is 4.56. The first-order valence-electron chi connectivity index (χ1n) is 2.26. The van der Waals surface area contributed by atoms with Crippen molar-refractivity contribution in [3.63, 3.8) is 0 Å². The van der Waals surface area contributed by atoms with Gasteiger partial charge in [0.2, 0.25) is 0 Å². The van der Waals surface area contributed by atoms with E-state index >= 15 is 0 Å². The minimum absolute atomic E-state index is 2.00. The third kappa shape index (κ3) is 0.887. The summed E-state index contributed by atoms with van der Waals surface area (Å²) in [7, 11) is 6.00. The van der Waals surface area contributed by atoms with Gasteiger partial charge in [-0.25, -0.2) is 0 Å². The molecule has 0 aromatic rings. The fourth-order valence-corrected chi connectivity index (χ4v) is 0.575. The summed E-state index contributed by atoms with van der Waals surface area (Å²) in [6, 6.07) is 0. The SMILES string of the molecule is CN1[B-]N(C)C=C1. The average Bonchev–Trinajstić information content (AvgIpc) is 1.87.